The second-order valence-corrected chi connectivity index (χ2v) is 8.71. The van der Waals surface area contributed by atoms with E-state index in [4.69, 9.17) is 4.74 Å². The summed E-state index contributed by atoms with van der Waals surface area (Å²) in [5.41, 5.74) is -1.77. The number of carbonyl (C=O) groups excluding carboxylic acids is 4. The number of methoxy groups -OCH3 is 3. The predicted molar refractivity (Wildman–Crippen MR) is 137 cm³/mol. The van der Waals surface area contributed by atoms with E-state index >= 15 is 0 Å². The minimum Gasteiger partial charge on any atom is -0.466 e. The number of fused-ring (bicyclic) bond motifs is 1. The number of ether oxygens (including phenoxy) is 4. The minimum absolute atomic E-state index is 0.0676. The van der Waals surface area contributed by atoms with E-state index in [0.717, 1.165) is 20.3 Å². The summed E-state index contributed by atoms with van der Waals surface area (Å²) < 4.78 is 20.5. The van der Waals surface area contributed by atoms with Crippen molar-refractivity contribution in [1.29, 1.82) is 0 Å². The van der Waals surface area contributed by atoms with Gasteiger partial charge in [0.15, 0.2) is 16.9 Å². The first kappa shape index (κ1) is 31.0. The van der Waals surface area contributed by atoms with Crippen LogP contribution in [0.2, 0.25) is 0 Å². The van der Waals surface area contributed by atoms with Crippen LogP contribution in [0.25, 0.3) is 5.65 Å². The highest BCUT2D eigenvalue weighted by Gasteiger charge is 2.29. The highest BCUT2D eigenvalue weighted by Crippen LogP contribution is 2.20. The van der Waals surface area contributed by atoms with Crippen molar-refractivity contribution in [2.45, 2.75) is 20.8 Å². The number of carbonyl (C=O) groups is 4. The number of aromatic nitrogens is 3. The summed E-state index contributed by atoms with van der Waals surface area (Å²) in [5, 5.41) is 9.43. The minimum atomic E-state index is -0.847. The summed E-state index contributed by atoms with van der Waals surface area (Å²) in [7, 11) is 3.48. The van der Waals surface area contributed by atoms with Crippen LogP contribution in [0.1, 0.15) is 31.3 Å². The van der Waals surface area contributed by atoms with Gasteiger partial charge in [0.25, 0.3) is 0 Å². The van der Waals surface area contributed by atoms with Crippen LogP contribution in [-0.4, -0.2) is 64.5 Å². The molecule has 3 aromatic rings. The predicted octanol–water partition coefficient (Wildman–Crippen LogP) is 1.29. The van der Waals surface area contributed by atoms with Gasteiger partial charge in [-0.15, -0.1) is 0 Å². The summed E-state index contributed by atoms with van der Waals surface area (Å²) in [6.07, 6.45) is 3.67. The van der Waals surface area contributed by atoms with Crippen molar-refractivity contribution in [1.82, 2.24) is 14.1 Å². The van der Waals surface area contributed by atoms with Gasteiger partial charge in [-0.3, -0.25) is 14.0 Å². The van der Waals surface area contributed by atoms with Crippen molar-refractivity contribution < 1.29 is 43.3 Å². The third kappa shape index (κ3) is 7.86. The van der Waals surface area contributed by atoms with Gasteiger partial charge < -0.3 is 24.2 Å². The van der Waals surface area contributed by atoms with Gasteiger partial charge in [-0.2, -0.15) is 4.73 Å². The Bertz CT molecular complexity index is 1580. The number of nitrogens with zero attached hydrogens (tertiary/aromatic N) is 4. The molecule has 3 aromatic heterocycles. The third-order valence-electron chi connectivity index (χ3n) is 4.78. The van der Waals surface area contributed by atoms with Crippen LogP contribution in [0.4, 0.5) is 0 Å². The molecule has 0 atom stereocenters. The van der Waals surface area contributed by atoms with Gasteiger partial charge in [0.2, 0.25) is 5.75 Å². The highest BCUT2D eigenvalue weighted by molar-refractivity contribution is 5.96. The second kappa shape index (κ2) is 13.5. The number of esters is 4. The zero-order valence-electron chi connectivity index (χ0n) is 22.6. The van der Waals surface area contributed by atoms with Crippen LogP contribution in [0.15, 0.2) is 70.4 Å². The molecule has 0 aromatic carbocycles. The lowest BCUT2D eigenvalue weighted by atomic mass is 9.97. The van der Waals surface area contributed by atoms with E-state index in [1.165, 1.54) is 30.0 Å². The van der Waals surface area contributed by atoms with Crippen molar-refractivity contribution in [2.24, 2.45) is 10.4 Å². The Kier molecular flexibility index (Phi) is 10.4. The molecule has 0 amide bonds. The van der Waals surface area contributed by atoms with Crippen molar-refractivity contribution in [3.05, 3.63) is 82.1 Å². The largest absolute Gasteiger partial charge is 0.466 e. The molecule has 0 aliphatic heterocycles. The smallest absolute Gasteiger partial charge is 0.360 e. The molecule has 0 unspecified atom stereocenters. The second-order valence-electron chi connectivity index (χ2n) is 8.71. The first-order valence-corrected chi connectivity index (χ1v) is 11.5. The maximum Gasteiger partial charge on any atom is 0.360 e. The Morgan fingerprint density at radius 2 is 1.60 bits per heavy atom. The molecule has 0 saturated heterocycles. The summed E-state index contributed by atoms with van der Waals surface area (Å²) in [6.45, 7) is 4.91. The topological polar surface area (TPSA) is 177 Å². The van der Waals surface area contributed by atoms with Crippen LogP contribution >= 0.6 is 0 Å². The highest BCUT2D eigenvalue weighted by atomic mass is 16.6. The molecule has 0 fully saturated rings. The molecule has 0 saturated carbocycles. The Hall–Kier alpha value is -5.27. The van der Waals surface area contributed by atoms with Crippen LogP contribution in [0.3, 0.4) is 0 Å². The fourth-order valence-corrected chi connectivity index (χ4v) is 2.70. The number of hydrogen-bond acceptors (Lipinski definition) is 12. The molecule has 14 nitrogen and oxygen atoms in total. The van der Waals surface area contributed by atoms with Crippen molar-refractivity contribution in [3.63, 3.8) is 0 Å². The van der Waals surface area contributed by atoms with Crippen LogP contribution in [0.5, 0.6) is 5.75 Å². The lowest BCUT2D eigenvalue weighted by Crippen LogP contribution is -2.31. The Morgan fingerprint density at radius 1 is 0.950 bits per heavy atom. The van der Waals surface area contributed by atoms with Gasteiger partial charge >= 0.3 is 29.4 Å². The number of pyridine rings is 2. The van der Waals surface area contributed by atoms with Crippen molar-refractivity contribution >= 4 is 29.5 Å². The van der Waals surface area contributed by atoms with Gasteiger partial charge in [-0.25, -0.2) is 24.4 Å². The molecular weight excluding hydrogens is 528 g/mol. The summed E-state index contributed by atoms with van der Waals surface area (Å²) in [5.74, 6) is -3.49. The number of hydrogen-bond donors (Lipinski definition) is 1. The number of rotatable bonds is 5. The Balaban J connectivity index is 0.000000286. The van der Waals surface area contributed by atoms with E-state index in [1.54, 1.807) is 51.1 Å². The normalized spacial score (nSPS) is 11.7. The van der Waals surface area contributed by atoms with Gasteiger partial charge in [0.05, 0.1) is 32.8 Å². The average molecular weight is 557 g/mol. The average Bonchev–Trinajstić information content (AvgIpc) is 2.93. The molecule has 0 bridgehead atoms. The van der Waals surface area contributed by atoms with Gasteiger partial charge in [0, 0.05) is 12.4 Å². The van der Waals surface area contributed by atoms with E-state index < -0.39 is 40.6 Å². The molecule has 0 radical (unpaired) electrons. The Morgan fingerprint density at radius 3 is 2.17 bits per heavy atom. The fourth-order valence-electron chi connectivity index (χ4n) is 2.70. The van der Waals surface area contributed by atoms with Gasteiger partial charge in [0.1, 0.15) is 5.65 Å². The molecule has 3 heterocycles. The summed E-state index contributed by atoms with van der Waals surface area (Å²) >= 11 is 0. The van der Waals surface area contributed by atoms with Crippen LogP contribution in [0, 0.1) is 5.41 Å². The zero-order chi connectivity index (χ0) is 30.0. The van der Waals surface area contributed by atoms with Crippen LogP contribution < -0.4 is 15.8 Å². The van der Waals surface area contributed by atoms with E-state index in [2.05, 4.69) is 24.2 Å². The monoisotopic (exact) mass is 556 g/mol. The quantitative estimate of drug-likeness (QED) is 0.207. The lowest BCUT2D eigenvalue weighted by Gasteiger charge is -2.17. The fraction of sp³-hybridized carbons (Fsp3) is 0.269. The van der Waals surface area contributed by atoms with E-state index in [1.807, 2.05) is 0 Å². The lowest BCUT2D eigenvalue weighted by molar-refractivity contribution is -0.143. The van der Waals surface area contributed by atoms with Gasteiger partial charge in [-0.05, 0) is 45.0 Å². The molecular formula is C26H28N4O10. The molecule has 40 heavy (non-hydrogen) atoms. The molecule has 1 N–H and O–H groups in total. The molecule has 3 rings (SSSR count). The summed E-state index contributed by atoms with van der Waals surface area (Å²) in [4.78, 5) is 66.7. The Labute approximate surface area is 227 Å². The first-order chi connectivity index (χ1) is 18.8. The third-order valence-corrected chi connectivity index (χ3v) is 4.78. The van der Waals surface area contributed by atoms with Crippen LogP contribution in [-0.2, 0) is 28.6 Å². The van der Waals surface area contributed by atoms with E-state index in [9.17, 15) is 29.2 Å². The molecule has 14 heteroatoms. The maximum absolute atomic E-state index is 12.5. The molecule has 212 valence electrons. The zero-order valence-corrected chi connectivity index (χ0v) is 22.6. The molecule has 0 aliphatic carbocycles. The van der Waals surface area contributed by atoms with Gasteiger partial charge in [-0.1, -0.05) is 12.1 Å². The molecule has 0 spiro atoms. The molecule has 0 aliphatic rings. The summed E-state index contributed by atoms with van der Waals surface area (Å²) in [6, 6.07) is 9.49. The first-order valence-electron chi connectivity index (χ1n) is 11.5. The van der Waals surface area contributed by atoms with E-state index in [0.29, 0.717) is 4.73 Å². The van der Waals surface area contributed by atoms with Crippen molar-refractivity contribution in [2.75, 3.05) is 21.3 Å². The standard InChI is InChI=1S/C15H16N2O5.C11H12N2O5/c1-15(2,3)14(20)22-11-10(13(19)21-4)16-9-7-5-6-8-17(9)12(11)18;1-17-10(14)7-8(11(15)18-2)12-9-5-3-4-6-13(9)16/h5-8H,1-4H3;3-7,16H,1-2H3. The van der Waals surface area contributed by atoms with E-state index in [-0.39, 0.29) is 22.5 Å². The SMILES string of the molecule is COC(=O)C=C(N=c1ccccn1O)C(=O)OC.COC(=O)c1nc2ccccn2c(=O)c1OC(=O)C(C)(C)C. The maximum atomic E-state index is 12.5. The van der Waals surface area contributed by atoms with Crippen molar-refractivity contribution in [3.8, 4) is 5.75 Å².